The second kappa shape index (κ2) is 3.81. The quantitative estimate of drug-likeness (QED) is 0.606. The van der Waals surface area contributed by atoms with Crippen LogP contribution in [-0.2, 0) is 4.79 Å². The molecular weight excluding hydrogens is 160 g/mol. The van der Waals surface area contributed by atoms with Crippen LogP contribution in [0.15, 0.2) is 0 Å². The maximum absolute atomic E-state index is 11.1. The first-order valence-electron chi connectivity index (χ1n) is 5.81. The van der Waals surface area contributed by atoms with Gasteiger partial charge in [-0.15, -0.1) is 0 Å². The predicted molar refractivity (Wildman–Crippen MR) is 53.5 cm³/mol. The standard InChI is InChI=1S/C12H20O/c13-10-12(7-2-1-3-8-12)9-6-11-4-5-11/h10-11H,1-9H2. The fourth-order valence-electron chi connectivity index (χ4n) is 2.58. The van der Waals surface area contributed by atoms with Crippen molar-refractivity contribution in [3.63, 3.8) is 0 Å². The summed E-state index contributed by atoms with van der Waals surface area (Å²) in [4.78, 5) is 11.1. The number of carbonyl (C=O) groups is 1. The van der Waals surface area contributed by atoms with Crippen molar-refractivity contribution in [3.05, 3.63) is 0 Å². The smallest absolute Gasteiger partial charge is 0.126 e. The molecule has 0 N–H and O–H groups in total. The van der Waals surface area contributed by atoms with Gasteiger partial charge in [-0.2, -0.15) is 0 Å². The highest BCUT2D eigenvalue weighted by Gasteiger charge is 2.33. The van der Waals surface area contributed by atoms with Crippen LogP contribution >= 0.6 is 0 Å². The molecule has 0 aromatic rings. The summed E-state index contributed by atoms with van der Waals surface area (Å²) in [6.45, 7) is 0. The van der Waals surface area contributed by atoms with Gasteiger partial charge in [-0.3, -0.25) is 0 Å². The minimum atomic E-state index is 0.112. The van der Waals surface area contributed by atoms with Gasteiger partial charge >= 0.3 is 0 Å². The van der Waals surface area contributed by atoms with Crippen molar-refractivity contribution in [2.45, 2.75) is 57.8 Å². The number of carbonyl (C=O) groups excluding carboxylic acids is 1. The van der Waals surface area contributed by atoms with E-state index in [4.69, 9.17) is 0 Å². The van der Waals surface area contributed by atoms with E-state index in [1.54, 1.807) is 0 Å². The SMILES string of the molecule is O=CC1(CCC2CC2)CCCCC1. The van der Waals surface area contributed by atoms with E-state index in [0.29, 0.717) is 0 Å². The molecule has 0 atom stereocenters. The van der Waals surface area contributed by atoms with Crippen molar-refractivity contribution >= 4 is 6.29 Å². The van der Waals surface area contributed by atoms with Crippen LogP contribution in [0.25, 0.3) is 0 Å². The maximum atomic E-state index is 11.1. The Morgan fingerprint density at radius 1 is 1.15 bits per heavy atom. The lowest BCUT2D eigenvalue weighted by Gasteiger charge is -2.32. The first-order valence-corrected chi connectivity index (χ1v) is 5.81. The van der Waals surface area contributed by atoms with Crippen LogP contribution in [0.4, 0.5) is 0 Å². The van der Waals surface area contributed by atoms with Crippen LogP contribution in [0.3, 0.4) is 0 Å². The number of rotatable bonds is 4. The molecular formula is C12H20O. The summed E-state index contributed by atoms with van der Waals surface area (Å²) in [5.41, 5.74) is 0.112. The van der Waals surface area contributed by atoms with Crippen LogP contribution < -0.4 is 0 Å². The predicted octanol–water partition coefficient (Wildman–Crippen LogP) is 3.33. The molecule has 2 saturated carbocycles. The molecule has 2 rings (SSSR count). The van der Waals surface area contributed by atoms with Crippen molar-refractivity contribution in [1.29, 1.82) is 0 Å². The number of aldehydes is 1. The molecule has 1 heteroatoms. The van der Waals surface area contributed by atoms with E-state index in [0.717, 1.165) is 5.92 Å². The zero-order valence-electron chi connectivity index (χ0n) is 8.43. The second-order valence-corrected chi connectivity index (χ2v) is 5.02. The van der Waals surface area contributed by atoms with Crippen molar-refractivity contribution in [2.75, 3.05) is 0 Å². The fourth-order valence-corrected chi connectivity index (χ4v) is 2.58. The fraction of sp³-hybridized carbons (Fsp3) is 0.917. The monoisotopic (exact) mass is 180 g/mol. The highest BCUT2D eigenvalue weighted by Crippen LogP contribution is 2.43. The summed E-state index contributed by atoms with van der Waals surface area (Å²) >= 11 is 0. The number of hydrogen-bond donors (Lipinski definition) is 0. The van der Waals surface area contributed by atoms with Crippen molar-refractivity contribution in [3.8, 4) is 0 Å². The first kappa shape index (κ1) is 9.23. The number of hydrogen-bond acceptors (Lipinski definition) is 1. The van der Waals surface area contributed by atoms with Crippen LogP contribution in [0, 0.1) is 11.3 Å². The summed E-state index contributed by atoms with van der Waals surface area (Å²) in [5.74, 6) is 0.985. The Morgan fingerprint density at radius 3 is 2.38 bits per heavy atom. The van der Waals surface area contributed by atoms with E-state index in [1.807, 2.05) is 0 Å². The third-order valence-corrected chi connectivity index (χ3v) is 3.85. The molecule has 0 amide bonds. The summed E-state index contributed by atoms with van der Waals surface area (Å²) < 4.78 is 0. The van der Waals surface area contributed by atoms with E-state index < -0.39 is 0 Å². The van der Waals surface area contributed by atoms with Gasteiger partial charge < -0.3 is 4.79 Å². The molecule has 2 fully saturated rings. The van der Waals surface area contributed by atoms with Gasteiger partial charge in [0.15, 0.2) is 0 Å². The van der Waals surface area contributed by atoms with Crippen LogP contribution in [-0.4, -0.2) is 6.29 Å². The highest BCUT2D eigenvalue weighted by molar-refractivity contribution is 5.59. The molecule has 0 bridgehead atoms. The van der Waals surface area contributed by atoms with E-state index in [2.05, 4.69) is 0 Å². The molecule has 0 radical (unpaired) electrons. The van der Waals surface area contributed by atoms with Crippen LogP contribution in [0.2, 0.25) is 0 Å². The van der Waals surface area contributed by atoms with Gasteiger partial charge in [0.25, 0.3) is 0 Å². The van der Waals surface area contributed by atoms with Gasteiger partial charge in [0, 0.05) is 5.41 Å². The van der Waals surface area contributed by atoms with Crippen molar-refractivity contribution in [2.24, 2.45) is 11.3 Å². The zero-order chi connectivity index (χ0) is 9.15. The lowest BCUT2D eigenvalue weighted by Crippen LogP contribution is -2.25. The lowest BCUT2D eigenvalue weighted by atomic mass is 9.72. The van der Waals surface area contributed by atoms with Gasteiger partial charge in [-0.1, -0.05) is 32.1 Å². The Balaban J connectivity index is 1.84. The van der Waals surface area contributed by atoms with Crippen molar-refractivity contribution < 1.29 is 4.79 Å². The topological polar surface area (TPSA) is 17.1 Å². The molecule has 2 aliphatic rings. The molecule has 0 saturated heterocycles. The molecule has 1 nitrogen and oxygen atoms in total. The minimum absolute atomic E-state index is 0.112. The molecule has 74 valence electrons. The van der Waals surface area contributed by atoms with Gasteiger partial charge in [0.2, 0.25) is 0 Å². The van der Waals surface area contributed by atoms with Crippen LogP contribution in [0.5, 0.6) is 0 Å². The van der Waals surface area contributed by atoms with E-state index >= 15 is 0 Å². The average Bonchev–Trinajstić information content (AvgIpc) is 3.00. The molecule has 0 unspecified atom stereocenters. The van der Waals surface area contributed by atoms with Gasteiger partial charge in [0.1, 0.15) is 6.29 Å². The normalized spacial score (nSPS) is 27.1. The first-order chi connectivity index (χ1) is 6.35. The minimum Gasteiger partial charge on any atom is -0.303 e. The molecule has 0 aromatic heterocycles. The molecule has 0 heterocycles. The lowest BCUT2D eigenvalue weighted by molar-refractivity contribution is -0.118. The Morgan fingerprint density at radius 2 is 1.85 bits per heavy atom. The summed E-state index contributed by atoms with van der Waals surface area (Å²) in [7, 11) is 0. The van der Waals surface area contributed by atoms with Gasteiger partial charge in [0.05, 0.1) is 0 Å². The average molecular weight is 180 g/mol. The summed E-state index contributed by atoms with van der Waals surface area (Å²) in [6, 6.07) is 0. The second-order valence-electron chi connectivity index (χ2n) is 5.02. The molecule has 0 spiro atoms. The summed E-state index contributed by atoms with van der Waals surface area (Å²) in [5, 5.41) is 0. The van der Waals surface area contributed by atoms with E-state index in [1.165, 1.54) is 64.1 Å². The molecule has 13 heavy (non-hydrogen) atoms. The highest BCUT2D eigenvalue weighted by atomic mass is 16.1. The van der Waals surface area contributed by atoms with Crippen molar-refractivity contribution in [1.82, 2.24) is 0 Å². The Labute approximate surface area is 80.9 Å². The third-order valence-electron chi connectivity index (χ3n) is 3.85. The largest absolute Gasteiger partial charge is 0.303 e. The Hall–Kier alpha value is -0.330. The molecule has 0 aliphatic heterocycles. The Bertz CT molecular complexity index is 176. The third kappa shape index (κ3) is 2.32. The van der Waals surface area contributed by atoms with E-state index in [-0.39, 0.29) is 5.41 Å². The van der Waals surface area contributed by atoms with Crippen LogP contribution in [0.1, 0.15) is 57.8 Å². The molecule has 0 aromatic carbocycles. The van der Waals surface area contributed by atoms with Gasteiger partial charge in [-0.05, 0) is 31.6 Å². The van der Waals surface area contributed by atoms with E-state index in [9.17, 15) is 4.79 Å². The van der Waals surface area contributed by atoms with Gasteiger partial charge in [-0.25, -0.2) is 0 Å². The Kier molecular flexibility index (Phi) is 2.71. The maximum Gasteiger partial charge on any atom is 0.126 e. The zero-order valence-corrected chi connectivity index (χ0v) is 8.43. The summed E-state index contributed by atoms with van der Waals surface area (Å²) in [6.07, 6.45) is 12.9. The molecule has 2 aliphatic carbocycles.